The number of rotatable bonds is 11. The Balaban J connectivity index is 1.36. The zero-order valence-electron chi connectivity index (χ0n) is 30.3. The third kappa shape index (κ3) is 6.06. The molecule has 1 N–H and O–H groups in total. The van der Waals surface area contributed by atoms with Gasteiger partial charge in [0, 0.05) is 0 Å². The largest absolute Gasteiger partial charge is 0.353 e. The fourth-order valence-electron chi connectivity index (χ4n) is 8.08. The molecule has 0 aliphatic carbocycles. The molecule has 9 rings (SSSR count). The summed E-state index contributed by atoms with van der Waals surface area (Å²) >= 11 is 0. The number of fused-ring (bicyclic) bond motifs is 1. The van der Waals surface area contributed by atoms with Gasteiger partial charge in [-0.05, 0) is 57.0 Å². The average Bonchev–Trinajstić information content (AvgIpc) is 3.70. The van der Waals surface area contributed by atoms with Gasteiger partial charge < -0.3 is 5.32 Å². The fraction of sp³-hybridized carbons (Fsp3) is 0.0600. The number of hydrogen-bond acceptors (Lipinski definition) is 4. The van der Waals surface area contributed by atoms with E-state index >= 15 is 0 Å². The van der Waals surface area contributed by atoms with Gasteiger partial charge in [0.05, 0.1) is 0 Å². The lowest BCUT2D eigenvalue weighted by molar-refractivity contribution is 0.457. The van der Waals surface area contributed by atoms with E-state index in [0.29, 0.717) is 17.9 Å². The summed E-state index contributed by atoms with van der Waals surface area (Å²) in [5.41, 5.74) is 8.39. The molecule has 264 valence electrons. The van der Waals surface area contributed by atoms with Crippen LogP contribution >= 0.6 is 0 Å². The van der Waals surface area contributed by atoms with Gasteiger partial charge in [0.25, 0.3) is 0 Å². The molecule has 9 aromatic rings. The molecule has 0 aliphatic rings. The first-order valence-corrected chi connectivity index (χ1v) is 18.7. The maximum Gasteiger partial charge on any atom is 0.182 e. The number of nitrogens with one attached hydrogen (secondary N) is 1. The fourth-order valence-corrected chi connectivity index (χ4v) is 8.08. The van der Waals surface area contributed by atoms with Gasteiger partial charge in [-0.15, -0.1) is 5.10 Å². The predicted molar refractivity (Wildman–Crippen MR) is 222 cm³/mol. The van der Waals surface area contributed by atoms with E-state index in [9.17, 15) is 0 Å². The number of hydrogen-bond donors (Lipinski definition) is 1. The first-order valence-electron chi connectivity index (χ1n) is 18.7. The summed E-state index contributed by atoms with van der Waals surface area (Å²) in [6.07, 6.45) is 0.650. The zero-order valence-corrected chi connectivity index (χ0v) is 30.3. The molecular weight excluding hydrogens is 671 g/mol. The van der Waals surface area contributed by atoms with E-state index in [1.807, 2.05) is 4.68 Å². The van der Waals surface area contributed by atoms with E-state index in [0.717, 1.165) is 44.5 Å². The summed E-state index contributed by atoms with van der Waals surface area (Å²) < 4.78 is 2.04. The van der Waals surface area contributed by atoms with Crippen molar-refractivity contribution < 1.29 is 0 Å². The average molecular weight is 710 g/mol. The number of pyridine rings is 1. The lowest BCUT2D eigenvalue weighted by Crippen LogP contribution is -2.39. The number of anilines is 1. The van der Waals surface area contributed by atoms with Crippen molar-refractivity contribution >= 4 is 17.0 Å². The summed E-state index contributed by atoms with van der Waals surface area (Å²) in [4.78, 5) is 5.57. The van der Waals surface area contributed by atoms with Gasteiger partial charge in [0.15, 0.2) is 5.65 Å². The smallest absolute Gasteiger partial charge is 0.182 e. The molecule has 0 amide bonds. The minimum Gasteiger partial charge on any atom is -0.353 e. The van der Waals surface area contributed by atoms with Crippen LogP contribution in [0.1, 0.15) is 44.5 Å². The van der Waals surface area contributed by atoms with Gasteiger partial charge in [0.2, 0.25) is 0 Å². The molecule has 0 saturated carbocycles. The Labute approximate surface area is 321 Å². The molecule has 0 fully saturated rings. The van der Waals surface area contributed by atoms with Gasteiger partial charge in [-0.25, -0.2) is 9.67 Å². The molecule has 0 radical (unpaired) electrons. The van der Waals surface area contributed by atoms with Crippen molar-refractivity contribution in [2.75, 3.05) is 5.32 Å². The predicted octanol–water partition coefficient (Wildman–Crippen LogP) is 10.7. The van der Waals surface area contributed by atoms with E-state index in [1.165, 1.54) is 5.56 Å². The van der Waals surface area contributed by atoms with Crippen molar-refractivity contribution in [1.29, 1.82) is 0 Å². The minimum atomic E-state index is -0.899. The topological polar surface area (TPSA) is 55.6 Å². The Bertz CT molecular complexity index is 2420. The standard InChI is InChI=1S/C50H39N5/c1-8-22-38(23-9-1)36-39-37-46(52-49(40-24-10-2-11-25-40,41-26-12-3-13-27-41)42-28-14-4-15-29-42)51-48-47(39)53-54-55(48)50(43-30-16-5-17-31-43,44-32-18-6-19-33-44)45-34-20-7-21-35-45/h1-35,37H,36H2,(H,51,52). The van der Waals surface area contributed by atoms with Gasteiger partial charge in [0.1, 0.15) is 22.4 Å². The molecule has 0 saturated heterocycles. The molecule has 55 heavy (non-hydrogen) atoms. The summed E-state index contributed by atoms with van der Waals surface area (Å²) in [5.74, 6) is 0.710. The van der Waals surface area contributed by atoms with Crippen molar-refractivity contribution in [3.05, 3.63) is 263 Å². The quantitative estimate of drug-likeness (QED) is 0.136. The molecular formula is C50H39N5. The molecule has 2 aromatic heterocycles. The van der Waals surface area contributed by atoms with Crippen molar-refractivity contribution in [2.24, 2.45) is 0 Å². The van der Waals surface area contributed by atoms with Gasteiger partial charge >= 0.3 is 0 Å². The number of benzene rings is 7. The summed E-state index contributed by atoms with van der Waals surface area (Å²) in [5, 5.41) is 14.1. The summed E-state index contributed by atoms with van der Waals surface area (Å²) in [7, 11) is 0. The lowest BCUT2D eigenvalue weighted by atomic mass is 9.77. The molecule has 7 aromatic carbocycles. The molecule has 5 heteroatoms. The third-order valence-corrected chi connectivity index (χ3v) is 10.6. The Morgan fingerprint density at radius 1 is 0.436 bits per heavy atom. The summed E-state index contributed by atoms with van der Waals surface area (Å²) in [6, 6.07) is 76.3. The first-order chi connectivity index (χ1) is 27.3. The lowest BCUT2D eigenvalue weighted by Gasteiger charge is -2.38. The van der Waals surface area contributed by atoms with E-state index in [4.69, 9.17) is 15.3 Å². The maximum absolute atomic E-state index is 5.57. The highest BCUT2D eigenvalue weighted by atomic mass is 15.5. The number of nitrogens with zero attached hydrogens (tertiary/aromatic N) is 4. The van der Waals surface area contributed by atoms with Crippen LogP contribution in [-0.2, 0) is 17.5 Å². The number of aromatic nitrogens is 4. The van der Waals surface area contributed by atoms with Crippen LogP contribution in [0.4, 0.5) is 5.82 Å². The van der Waals surface area contributed by atoms with E-state index in [2.05, 4.69) is 224 Å². The molecule has 0 aliphatic heterocycles. The van der Waals surface area contributed by atoms with Crippen LogP contribution in [0.3, 0.4) is 0 Å². The highest BCUT2D eigenvalue weighted by Crippen LogP contribution is 2.44. The monoisotopic (exact) mass is 709 g/mol. The van der Waals surface area contributed by atoms with Crippen LogP contribution in [0.2, 0.25) is 0 Å². The SMILES string of the molecule is c1ccc(Cc2cc(NC(c3ccccc3)(c3ccccc3)c3ccccc3)nc3c2nnn3C(c2ccccc2)(c2ccccc2)c2ccccc2)cc1. The van der Waals surface area contributed by atoms with Crippen LogP contribution in [0.5, 0.6) is 0 Å². The Morgan fingerprint density at radius 3 is 1.20 bits per heavy atom. The Kier molecular flexibility index (Phi) is 9.02. The van der Waals surface area contributed by atoms with Crippen LogP contribution in [0.15, 0.2) is 218 Å². The van der Waals surface area contributed by atoms with Gasteiger partial charge in [-0.1, -0.05) is 218 Å². The summed E-state index contributed by atoms with van der Waals surface area (Å²) in [6.45, 7) is 0. The third-order valence-electron chi connectivity index (χ3n) is 10.6. The van der Waals surface area contributed by atoms with Gasteiger partial charge in [-0.3, -0.25) is 0 Å². The highest BCUT2D eigenvalue weighted by Gasteiger charge is 2.42. The van der Waals surface area contributed by atoms with Crippen molar-refractivity contribution in [1.82, 2.24) is 20.0 Å². The molecule has 0 spiro atoms. The molecule has 2 heterocycles. The second kappa shape index (κ2) is 14.7. The Hall–Kier alpha value is -7.11. The van der Waals surface area contributed by atoms with Crippen molar-refractivity contribution in [3.8, 4) is 0 Å². The molecule has 5 nitrogen and oxygen atoms in total. The molecule has 0 atom stereocenters. The van der Waals surface area contributed by atoms with Crippen LogP contribution in [-0.4, -0.2) is 20.0 Å². The molecule has 0 bridgehead atoms. The van der Waals surface area contributed by atoms with Gasteiger partial charge in [-0.2, -0.15) is 0 Å². The second-order valence-electron chi connectivity index (χ2n) is 13.8. The first kappa shape index (κ1) is 33.7. The van der Waals surface area contributed by atoms with E-state index in [1.54, 1.807) is 0 Å². The van der Waals surface area contributed by atoms with Crippen molar-refractivity contribution in [2.45, 2.75) is 17.5 Å². The van der Waals surface area contributed by atoms with Crippen LogP contribution in [0, 0.1) is 0 Å². The second-order valence-corrected chi connectivity index (χ2v) is 13.8. The van der Waals surface area contributed by atoms with E-state index < -0.39 is 11.1 Å². The van der Waals surface area contributed by atoms with Crippen molar-refractivity contribution in [3.63, 3.8) is 0 Å². The normalized spacial score (nSPS) is 11.7. The van der Waals surface area contributed by atoms with Crippen LogP contribution < -0.4 is 5.32 Å². The maximum atomic E-state index is 5.57. The Morgan fingerprint density at radius 2 is 0.800 bits per heavy atom. The molecule has 0 unspecified atom stereocenters. The van der Waals surface area contributed by atoms with Crippen LogP contribution in [0.25, 0.3) is 11.2 Å². The minimum absolute atomic E-state index is 0.650. The highest BCUT2D eigenvalue weighted by molar-refractivity contribution is 5.79. The van der Waals surface area contributed by atoms with E-state index in [-0.39, 0.29) is 0 Å². The zero-order chi connectivity index (χ0) is 36.9.